The van der Waals surface area contributed by atoms with Gasteiger partial charge in [-0.25, -0.2) is 4.98 Å². The summed E-state index contributed by atoms with van der Waals surface area (Å²) >= 11 is 0. The fourth-order valence-corrected chi connectivity index (χ4v) is 3.01. The van der Waals surface area contributed by atoms with Crippen molar-refractivity contribution in [3.63, 3.8) is 0 Å². The Kier molecular flexibility index (Phi) is 5.93. The third-order valence-electron chi connectivity index (χ3n) is 4.59. The van der Waals surface area contributed by atoms with E-state index >= 15 is 0 Å². The molecule has 7 heteroatoms. The molecule has 1 heterocycles. The molecule has 0 unspecified atom stereocenters. The average Bonchev–Trinajstić information content (AvgIpc) is 2.73. The van der Waals surface area contributed by atoms with E-state index in [9.17, 15) is 9.59 Å². The van der Waals surface area contributed by atoms with Crippen molar-refractivity contribution in [3.8, 4) is 11.5 Å². The quantitative estimate of drug-likeness (QED) is 0.680. The number of hydrogen-bond acceptors (Lipinski definition) is 5. The number of carbonyl (C=O) groups excluding carboxylic acids is 1. The summed E-state index contributed by atoms with van der Waals surface area (Å²) in [4.78, 5) is 29.3. The van der Waals surface area contributed by atoms with Crippen LogP contribution in [0, 0.1) is 0 Å². The molecule has 1 aromatic heterocycles. The van der Waals surface area contributed by atoms with E-state index in [1.54, 1.807) is 12.1 Å². The number of fused-ring (bicyclic) bond motifs is 1. The molecule has 2 aromatic carbocycles. The predicted octanol–water partition coefficient (Wildman–Crippen LogP) is 2.68. The molecule has 1 atom stereocenters. The van der Waals surface area contributed by atoms with Gasteiger partial charge in [0.2, 0.25) is 5.91 Å². The van der Waals surface area contributed by atoms with Crippen LogP contribution in [-0.2, 0) is 11.3 Å². The lowest BCUT2D eigenvalue weighted by Crippen LogP contribution is -2.29. The Hall–Kier alpha value is -3.35. The fourth-order valence-electron chi connectivity index (χ4n) is 3.01. The molecule has 0 aliphatic heterocycles. The van der Waals surface area contributed by atoms with Crippen LogP contribution in [0.4, 0.5) is 0 Å². The van der Waals surface area contributed by atoms with Gasteiger partial charge in [0.25, 0.3) is 5.56 Å². The summed E-state index contributed by atoms with van der Waals surface area (Å²) in [6.07, 6.45) is 1.63. The maximum atomic E-state index is 12.7. The Balaban J connectivity index is 1.73. The van der Waals surface area contributed by atoms with Gasteiger partial charge in [-0.2, -0.15) is 0 Å². The van der Waals surface area contributed by atoms with Crippen LogP contribution in [0.25, 0.3) is 10.9 Å². The lowest BCUT2D eigenvalue weighted by atomic mass is 10.1. The first kappa shape index (κ1) is 19.4. The number of nitrogens with one attached hydrogen (secondary N) is 1. The van der Waals surface area contributed by atoms with Crippen molar-refractivity contribution >= 4 is 16.8 Å². The van der Waals surface area contributed by atoms with Crippen molar-refractivity contribution in [1.29, 1.82) is 0 Å². The molecule has 1 amide bonds. The Bertz CT molecular complexity index is 1030. The van der Waals surface area contributed by atoms with Crippen molar-refractivity contribution in [2.45, 2.75) is 25.9 Å². The second-order valence-electron chi connectivity index (χ2n) is 6.42. The highest BCUT2D eigenvalue weighted by Gasteiger charge is 2.13. The lowest BCUT2D eigenvalue weighted by Gasteiger charge is -2.15. The van der Waals surface area contributed by atoms with Crippen LogP contribution in [-0.4, -0.2) is 29.7 Å². The van der Waals surface area contributed by atoms with Crippen molar-refractivity contribution in [3.05, 3.63) is 64.7 Å². The molecular weight excluding hydrogens is 358 g/mol. The van der Waals surface area contributed by atoms with E-state index < -0.39 is 0 Å². The number of nitrogens with zero attached hydrogens (tertiary/aromatic N) is 2. The molecule has 146 valence electrons. The smallest absolute Gasteiger partial charge is 0.261 e. The Morgan fingerprint density at radius 2 is 1.82 bits per heavy atom. The molecule has 0 spiro atoms. The second-order valence-corrected chi connectivity index (χ2v) is 6.42. The molecule has 0 aliphatic rings. The third kappa shape index (κ3) is 4.14. The standard InChI is InChI=1S/C21H23N3O4/c1-14(15-7-5-4-6-8-15)23-20(25)9-10-24-13-22-17-12-19(28-3)18(27-2)11-16(17)21(24)26/h4-8,11-14H,9-10H2,1-3H3,(H,23,25)/t14-/m0/s1. The molecule has 0 bridgehead atoms. The van der Waals surface area contributed by atoms with Crippen LogP contribution in [0.1, 0.15) is 24.9 Å². The van der Waals surface area contributed by atoms with Gasteiger partial charge in [-0.15, -0.1) is 0 Å². The van der Waals surface area contributed by atoms with E-state index in [1.165, 1.54) is 25.1 Å². The van der Waals surface area contributed by atoms with Gasteiger partial charge in [0.1, 0.15) is 0 Å². The highest BCUT2D eigenvalue weighted by molar-refractivity contribution is 5.81. The van der Waals surface area contributed by atoms with Gasteiger partial charge in [0, 0.05) is 19.0 Å². The molecule has 0 saturated carbocycles. The van der Waals surface area contributed by atoms with Crippen LogP contribution in [0.5, 0.6) is 11.5 Å². The third-order valence-corrected chi connectivity index (χ3v) is 4.59. The molecule has 28 heavy (non-hydrogen) atoms. The van der Waals surface area contributed by atoms with E-state index in [0.29, 0.717) is 22.4 Å². The van der Waals surface area contributed by atoms with Crippen LogP contribution in [0.2, 0.25) is 0 Å². The largest absolute Gasteiger partial charge is 0.493 e. The topological polar surface area (TPSA) is 82.5 Å². The van der Waals surface area contributed by atoms with Gasteiger partial charge >= 0.3 is 0 Å². The van der Waals surface area contributed by atoms with Crippen LogP contribution in [0.3, 0.4) is 0 Å². The number of rotatable bonds is 7. The SMILES string of the molecule is COc1cc2ncn(CCC(=O)N[C@@H](C)c3ccccc3)c(=O)c2cc1OC. The number of hydrogen-bond donors (Lipinski definition) is 1. The number of amides is 1. The first-order chi connectivity index (χ1) is 13.5. The minimum Gasteiger partial charge on any atom is -0.493 e. The zero-order valence-electron chi connectivity index (χ0n) is 16.1. The summed E-state index contributed by atoms with van der Waals surface area (Å²) in [5.41, 5.74) is 1.32. The maximum Gasteiger partial charge on any atom is 0.261 e. The summed E-state index contributed by atoms with van der Waals surface area (Å²) in [6, 6.07) is 12.9. The minimum absolute atomic E-state index is 0.100. The van der Waals surface area contributed by atoms with Crippen molar-refractivity contribution in [2.75, 3.05) is 14.2 Å². The molecular formula is C21H23N3O4. The van der Waals surface area contributed by atoms with E-state index in [4.69, 9.17) is 9.47 Å². The van der Waals surface area contributed by atoms with Gasteiger partial charge < -0.3 is 14.8 Å². The average molecular weight is 381 g/mol. The van der Waals surface area contributed by atoms with Crippen LogP contribution in [0.15, 0.2) is 53.6 Å². The first-order valence-electron chi connectivity index (χ1n) is 8.99. The first-order valence-corrected chi connectivity index (χ1v) is 8.99. The van der Waals surface area contributed by atoms with Crippen LogP contribution < -0.4 is 20.3 Å². The highest BCUT2D eigenvalue weighted by atomic mass is 16.5. The molecule has 0 aliphatic carbocycles. The summed E-state index contributed by atoms with van der Waals surface area (Å²) in [5, 5.41) is 3.36. The number of carbonyl (C=O) groups is 1. The summed E-state index contributed by atoms with van der Waals surface area (Å²) in [7, 11) is 3.04. The lowest BCUT2D eigenvalue weighted by molar-refractivity contribution is -0.121. The van der Waals surface area contributed by atoms with Gasteiger partial charge in [0.05, 0.1) is 37.5 Å². The molecule has 0 fully saturated rings. The van der Waals surface area contributed by atoms with Crippen molar-refractivity contribution in [2.24, 2.45) is 0 Å². The van der Waals surface area contributed by atoms with E-state index in [-0.39, 0.29) is 30.5 Å². The minimum atomic E-state index is -0.227. The Labute approximate surface area is 162 Å². The Morgan fingerprint density at radius 1 is 1.14 bits per heavy atom. The number of benzene rings is 2. The molecule has 1 N–H and O–H groups in total. The van der Waals surface area contributed by atoms with Gasteiger partial charge in [-0.05, 0) is 18.6 Å². The van der Waals surface area contributed by atoms with Crippen molar-refractivity contribution < 1.29 is 14.3 Å². The zero-order chi connectivity index (χ0) is 20.1. The Morgan fingerprint density at radius 3 is 2.50 bits per heavy atom. The van der Waals surface area contributed by atoms with Crippen molar-refractivity contribution in [1.82, 2.24) is 14.9 Å². The second kappa shape index (κ2) is 8.56. The normalized spacial score (nSPS) is 11.8. The van der Waals surface area contributed by atoms with Gasteiger partial charge in [0.15, 0.2) is 11.5 Å². The monoisotopic (exact) mass is 381 g/mol. The van der Waals surface area contributed by atoms with Crippen LogP contribution >= 0.6 is 0 Å². The fraction of sp³-hybridized carbons (Fsp3) is 0.286. The highest BCUT2D eigenvalue weighted by Crippen LogP contribution is 2.29. The van der Waals surface area contributed by atoms with E-state index in [0.717, 1.165) is 5.56 Å². The summed E-state index contributed by atoms with van der Waals surface area (Å²) in [6.45, 7) is 2.17. The van der Waals surface area contributed by atoms with E-state index in [1.807, 2.05) is 37.3 Å². The predicted molar refractivity (Wildman–Crippen MR) is 107 cm³/mol. The molecule has 3 aromatic rings. The molecule has 0 radical (unpaired) electrons. The molecule has 3 rings (SSSR count). The number of ether oxygens (including phenoxy) is 2. The summed E-state index contributed by atoms with van der Waals surface area (Å²) < 4.78 is 11.9. The number of methoxy groups -OCH3 is 2. The van der Waals surface area contributed by atoms with Gasteiger partial charge in [-0.1, -0.05) is 30.3 Å². The maximum absolute atomic E-state index is 12.7. The molecule has 0 saturated heterocycles. The number of aryl methyl sites for hydroxylation is 1. The zero-order valence-corrected chi connectivity index (χ0v) is 16.1. The number of aromatic nitrogens is 2. The van der Waals surface area contributed by atoms with Gasteiger partial charge in [-0.3, -0.25) is 14.2 Å². The molecule has 7 nitrogen and oxygen atoms in total. The summed E-state index contributed by atoms with van der Waals surface area (Å²) in [5.74, 6) is 0.839. The van der Waals surface area contributed by atoms with E-state index in [2.05, 4.69) is 10.3 Å².